The summed E-state index contributed by atoms with van der Waals surface area (Å²) in [5, 5.41) is 13.7. The highest BCUT2D eigenvalue weighted by Gasteiger charge is 2.08. The van der Waals surface area contributed by atoms with E-state index >= 15 is 0 Å². The molecule has 0 saturated heterocycles. The summed E-state index contributed by atoms with van der Waals surface area (Å²) in [5.74, 6) is 0.0855. The molecule has 16 heavy (non-hydrogen) atoms. The predicted molar refractivity (Wildman–Crippen MR) is 61.9 cm³/mol. The number of hydrogen-bond donors (Lipinski definition) is 1. The third-order valence-electron chi connectivity index (χ3n) is 2.48. The van der Waals surface area contributed by atoms with E-state index in [0.717, 1.165) is 11.3 Å². The van der Waals surface area contributed by atoms with Crippen molar-refractivity contribution in [1.29, 1.82) is 0 Å². The summed E-state index contributed by atoms with van der Waals surface area (Å²) in [6, 6.07) is 5.65. The summed E-state index contributed by atoms with van der Waals surface area (Å²) in [5.41, 5.74) is 1.80. The highest BCUT2D eigenvalue weighted by molar-refractivity contribution is 6.32. The van der Waals surface area contributed by atoms with Crippen LogP contribution in [-0.2, 0) is 0 Å². The van der Waals surface area contributed by atoms with E-state index in [1.165, 1.54) is 6.33 Å². The number of benzene rings is 1. The van der Waals surface area contributed by atoms with Crippen molar-refractivity contribution in [2.75, 3.05) is 6.61 Å². The zero-order valence-electron chi connectivity index (χ0n) is 8.84. The van der Waals surface area contributed by atoms with Crippen LogP contribution in [0, 0.1) is 0 Å². The van der Waals surface area contributed by atoms with Crippen LogP contribution in [-0.4, -0.2) is 26.5 Å². The van der Waals surface area contributed by atoms with Gasteiger partial charge in [0.2, 0.25) is 0 Å². The molecule has 2 rings (SSSR count). The molecule has 1 heterocycles. The first kappa shape index (κ1) is 11.1. The molecule has 0 saturated carbocycles. The van der Waals surface area contributed by atoms with E-state index in [-0.39, 0.29) is 12.5 Å². The molecule has 1 atom stereocenters. The maximum atomic E-state index is 9.06. The molecule has 0 radical (unpaired) electrons. The Morgan fingerprint density at radius 2 is 2.31 bits per heavy atom. The lowest BCUT2D eigenvalue weighted by atomic mass is 10.0. The Labute approximate surface area is 98.5 Å². The molecule has 0 aliphatic heterocycles. The Balaban J connectivity index is 2.37. The first-order chi connectivity index (χ1) is 7.72. The lowest BCUT2D eigenvalue weighted by Crippen LogP contribution is -2.01. The maximum absolute atomic E-state index is 9.06. The van der Waals surface area contributed by atoms with Crippen LogP contribution in [0.15, 0.2) is 30.9 Å². The van der Waals surface area contributed by atoms with Gasteiger partial charge in [-0.2, -0.15) is 5.10 Å². The number of aliphatic hydroxyl groups excluding tert-OH is 1. The molecule has 2 aromatic rings. The van der Waals surface area contributed by atoms with Crippen LogP contribution in [0.5, 0.6) is 0 Å². The zero-order chi connectivity index (χ0) is 11.5. The number of aliphatic hydroxyl groups is 1. The van der Waals surface area contributed by atoms with Crippen molar-refractivity contribution >= 4 is 11.6 Å². The molecule has 0 bridgehead atoms. The van der Waals surface area contributed by atoms with Gasteiger partial charge >= 0.3 is 0 Å². The molecular weight excluding hydrogens is 226 g/mol. The van der Waals surface area contributed by atoms with Gasteiger partial charge in [-0.25, -0.2) is 9.67 Å². The van der Waals surface area contributed by atoms with Crippen LogP contribution in [0.1, 0.15) is 18.4 Å². The summed E-state index contributed by atoms with van der Waals surface area (Å²) < 4.78 is 1.61. The topological polar surface area (TPSA) is 50.9 Å². The minimum absolute atomic E-state index is 0.0855. The van der Waals surface area contributed by atoms with Gasteiger partial charge in [0, 0.05) is 12.5 Å². The van der Waals surface area contributed by atoms with Crippen molar-refractivity contribution in [2.45, 2.75) is 12.8 Å². The summed E-state index contributed by atoms with van der Waals surface area (Å²) >= 11 is 6.15. The van der Waals surface area contributed by atoms with Gasteiger partial charge in [-0.05, 0) is 17.7 Å². The molecule has 1 aromatic heterocycles. The fourth-order valence-electron chi connectivity index (χ4n) is 1.45. The number of aromatic nitrogens is 3. The van der Waals surface area contributed by atoms with Gasteiger partial charge in [-0.1, -0.05) is 24.6 Å². The number of halogens is 1. The zero-order valence-corrected chi connectivity index (χ0v) is 9.59. The Kier molecular flexibility index (Phi) is 3.22. The molecule has 1 unspecified atom stereocenters. The highest BCUT2D eigenvalue weighted by Crippen LogP contribution is 2.24. The smallest absolute Gasteiger partial charge is 0.138 e. The molecular formula is C11H12ClN3O. The molecule has 0 aliphatic rings. The lowest BCUT2D eigenvalue weighted by molar-refractivity contribution is 0.273. The molecule has 5 heteroatoms. The molecule has 1 aromatic carbocycles. The van der Waals surface area contributed by atoms with Crippen molar-refractivity contribution in [3.05, 3.63) is 41.4 Å². The van der Waals surface area contributed by atoms with Gasteiger partial charge in [0.1, 0.15) is 12.7 Å². The molecule has 1 N–H and O–H groups in total. The van der Waals surface area contributed by atoms with Crippen LogP contribution >= 0.6 is 11.6 Å². The van der Waals surface area contributed by atoms with Crippen LogP contribution in [0.2, 0.25) is 5.02 Å². The van der Waals surface area contributed by atoms with E-state index in [1.54, 1.807) is 11.0 Å². The average molecular weight is 238 g/mol. The van der Waals surface area contributed by atoms with Crippen molar-refractivity contribution < 1.29 is 5.11 Å². The molecule has 84 valence electrons. The molecule has 4 nitrogen and oxygen atoms in total. The lowest BCUT2D eigenvalue weighted by Gasteiger charge is -2.10. The third kappa shape index (κ3) is 2.08. The monoisotopic (exact) mass is 237 g/mol. The van der Waals surface area contributed by atoms with Crippen molar-refractivity contribution in [1.82, 2.24) is 14.8 Å². The standard InChI is InChI=1S/C11H12ClN3O/c1-8(5-16)9-2-3-11(10(12)4-9)15-7-13-6-14-15/h2-4,6-8,16H,5H2,1H3. The largest absolute Gasteiger partial charge is 0.396 e. The number of rotatable bonds is 3. The molecule has 0 aliphatic carbocycles. The third-order valence-corrected chi connectivity index (χ3v) is 2.78. The molecule has 0 fully saturated rings. The fourth-order valence-corrected chi connectivity index (χ4v) is 1.73. The van der Waals surface area contributed by atoms with Gasteiger partial charge in [0.05, 0.1) is 10.7 Å². The minimum Gasteiger partial charge on any atom is -0.396 e. The number of hydrogen-bond acceptors (Lipinski definition) is 3. The average Bonchev–Trinajstić information content (AvgIpc) is 2.81. The van der Waals surface area contributed by atoms with Gasteiger partial charge in [-0.3, -0.25) is 0 Å². The van der Waals surface area contributed by atoms with Crippen molar-refractivity contribution in [3.8, 4) is 5.69 Å². The number of nitrogens with zero attached hydrogens (tertiary/aromatic N) is 3. The maximum Gasteiger partial charge on any atom is 0.138 e. The summed E-state index contributed by atoms with van der Waals surface area (Å²) in [6.07, 6.45) is 3.05. The van der Waals surface area contributed by atoms with Crippen LogP contribution in [0.3, 0.4) is 0 Å². The van der Waals surface area contributed by atoms with Crippen molar-refractivity contribution in [3.63, 3.8) is 0 Å². The van der Waals surface area contributed by atoms with E-state index in [4.69, 9.17) is 16.7 Å². The Bertz CT molecular complexity index is 470. The normalized spacial score (nSPS) is 12.7. The second kappa shape index (κ2) is 4.63. The Morgan fingerprint density at radius 3 is 2.88 bits per heavy atom. The van der Waals surface area contributed by atoms with Gasteiger partial charge in [0.15, 0.2) is 0 Å². The molecule has 0 amide bonds. The second-order valence-corrected chi connectivity index (χ2v) is 4.04. The summed E-state index contributed by atoms with van der Waals surface area (Å²) in [7, 11) is 0. The highest BCUT2D eigenvalue weighted by atomic mass is 35.5. The van der Waals surface area contributed by atoms with Crippen LogP contribution < -0.4 is 0 Å². The predicted octanol–water partition coefficient (Wildman–Crippen LogP) is 2.02. The quantitative estimate of drug-likeness (QED) is 0.889. The first-order valence-electron chi connectivity index (χ1n) is 4.97. The summed E-state index contributed by atoms with van der Waals surface area (Å²) in [6.45, 7) is 2.06. The van der Waals surface area contributed by atoms with E-state index < -0.39 is 0 Å². The SMILES string of the molecule is CC(CO)c1ccc(-n2cncn2)c(Cl)c1. The second-order valence-electron chi connectivity index (χ2n) is 3.63. The Hall–Kier alpha value is -1.39. The minimum atomic E-state index is 0.0855. The molecule has 0 spiro atoms. The van der Waals surface area contributed by atoms with Gasteiger partial charge in [-0.15, -0.1) is 0 Å². The Morgan fingerprint density at radius 1 is 1.50 bits per heavy atom. The van der Waals surface area contributed by atoms with E-state index in [0.29, 0.717) is 5.02 Å². The van der Waals surface area contributed by atoms with Gasteiger partial charge < -0.3 is 5.11 Å². The van der Waals surface area contributed by atoms with Crippen LogP contribution in [0.25, 0.3) is 5.69 Å². The fraction of sp³-hybridized carbons (Fsp3) is 0.273. The summed E-state index contributed by atoms with van der Waals surface area (Å²) in [4.78, 5) is 3.87. The van der Waals surface area contributed by atoms with Gasteiger partial charge in [0.25, 0.3) is 0 Å². The van der Waals surface area contributed by atoms with Crippen molar-refractivity contribution in [2.24, 2.45) is 0 Å². The van der Waals surface area contributed by atoms with E-state index in [1.807, 2.05) is 25.1 Å². The van der Waals surface area contributed by atoms with Crippen LogP contribution in [0.4, 0.5) is 0 Å². The first-order valence-corrected chi connectivity index (χ1v) is 5.35. The van der Waals surface area contributed by atoms with E-state index in [2.05, 4.69) is 10.1 Å². The van der Waals surface area contributed by atoms with E-state index in [9.17, 15) is 0 Å².